The maximum atomic E-state index is 12.2. The van der Waals surface area contributed by atoms with E-state index >= 15 is 0 Å². The van der Waals surface area contributed by atoms with Crippen LogP contribution in [0.25, 0.3) is 0 Å². The lowest BCUT2D eigenvalue weighted by Gasteiger charge is -2.15. The van der Waals surface area contributed by atoms with Gasteiger partial charge in [0.05, 0.1) is 10.5 Å². The minimum atomic E-state index is -3.57. The first-order chi connectivity index (χ1) is 10.5. The third kappa shape index (κ3) is 3.48. The van der Waals surface area contributed by atoms with Crippen molar-refractivity contribution in [1.29, 1.82) is 0 Å². The van der Waals surface area contributed by atoms with Crippen LogP contribution < -0.4 is 4.72 Å². The van der Waals surface area contributed by atoms with E-state index in [0.717, 1.165) is 25.6 Å². The summed E-state index contributed by atoms with van der Waals surface area (Å²) in [6, 6.07) is 6.00. The van der Waals surface area contributed by atoms with Crippen molar-refractivity contribution in [1.82, 2.24) is 9.62 Å². The molecule has 22 heavy (non-hydrogen) atoms. The maximum absolute atomic E-state index is 12.2. The summed E-state index contributed by atoms with van der Waals surface area (Å²) < 4.78 is 27.1. The van der Waals surface area contributed by atoms with Crippen LogP contribution in [0.5, 0.6) is 0 Å². The Morgan fingerprint density at radius 3 is 2.50 bits per heavy atom. The molecule has 0 bridgehead atoms. The summed E-state index contributed by atoms with van der Waals surface area (Å²) in [6.07, 6.45) is 3.57. The van der Waals surface area contributed by atoms with Crippen LogP contribution in [0.3, 0.4) is 0 Å². The first-order valence-corrected chi connectivity index (χ1v) is 9.01. The highest BCUT2D eigenvalue weighted by Crippen LogP contribution is 2.31. The van der Waals surface area contributed by atoms with Crippen molar-refractivity contribution in [3.8, 4) is 0 Å². The third-order valence-electron chi connectivity index (χ3n) is 4.35. The first-order valence-electron chi connectivity index (χ1n) is 7.53. The molecule has 1 atom stereocenters. The number of benzene rings is 1. The van der Waals surface area contributed by atoms with Crippen molar-refractivity contribution in [2.45, 2.75) is 30.2 Å². The van der Waals surface area contributed by atoms with E-state index in [0.29, 0.717) is 12.5 Å². The van der Waals surface area contributed by atoms with Crippen molar-refractivity contribution in [2.75, 3.05) is 19.6 Å². The number of nitrogens with zero attached hydrogens (tertiary/aromatic N) is 1. The molecule has 6 nitrogen and oxygen atoms in total. The van der Waals surface area contributed by atoms with Crippen molar-refractivity contribution in [3.05, 3.63) is 29.8 Å². The van der Waals surface area contributed by atoms with E-state index in [2.05, 4.69) is 9.62 Å². The molecular weight excluding hydrogens is 304 g/mol. The molecule has 120 valence electrons. The van der Waals surface area contributed by atoms with Crippen LogP contribution in [0.4, 0.5) is 0 Å². The van der Waals surface area contributed by atoms with Gasteiger partial charge in [0, 0.05) is 19.1 Å². The van der Waals surface area contributed by atoms with Gasteiger partial charge in [0.15, 0.2) is 0 Å². The molecule has 1 heterocycles. The van der Waals surface area contributed by atoms with Gasteiger partial charge in [0.2, 0.25) is 10.0 Å². The Kier molecular flexibility index (Phi) is 4.20. The third-order valence-corrected chi connectivity index (χ3v) is 5.79. The molecular formula is C15H20N2O4S. The largest absolute Gasteiger partial charge is 0.478 e. The van der Waals surface area contributed by atoms with E-state index in [4.69, 9.17) is 5.11 Å². The van der Waals surface area contributed by atoms with Crippen LogP contribution >= 0.6 is 0 Å². The zero-order valence-electron chi connectivity index (χ0n) is 12.2. The Morgan fingerprint density at radius 1 is 1.23 bits per heavy atom. The Bertz CT molecular complexity index is 653. The van der Waals surface area contributed by atoms with Gasteiger partial charge >= 0.3 is 5.97 Å². The Balaban J connectivity index is 1.57. The fourth-order valence-corrected chi connectivity index (χ4v) is 4.00. The van der Waals surface area contributed by atoms with Gasteiger partial charge in [0.1, 0.15) is 0 Å². The quantitative estimate of drug-likeness (QED) is 0.820. The molecule has 2 aliphatic rings. The molecule has 1 aromatic carbocycles. The highest BCUT2D eigenvalue weighted by Gasteiger charge is 2.34. The minimum absolute atomic E-state index is 0.0785. The molecule has 1 aliphatic heterocycles. The molecule has 0 amide bonds. The Labute approximate surface area is 130 Å². The van der Waals surface area contributed by atoms with E-state index in [1.807, 2.05) is 0 Å². The van der Waals surface area contributed by atoms with E-state index in [-0.39, 0.29) is 10.5 Å². The van der Waals surface area contributed by atoms with Gasteiger partial charge in [-0.1, -0.05) is 0 Å². The summed E-state index contributed by atoms with van der Waals surface area (Å²) in [5, 5.41) is 8.83. The molecule has 3 rings (SSSR count). The lowest BCUT2D eigenvalue weighted by Crippen LogP contribution is -2.31. The van der Waals surface area contributed by atoms with Crippen LogP contribution in [-0.4, -0.2) is 50.1 Å². The molecule has 1 saturated carbocycles. The summed E-state index contributed by atoms with van der Waals surface area (Å²) in [6.45, 7) is 2.46. The molecule has 0 spiro atoms. The fraction of sp³-hybridized carbons (Fsp3) is 0.533. The van der Waals surface area contributed by atoms with Crippen LogP contribution in [0.2, 0.25) is 0 Å². The molecule has 1 aromatic rings. The topological polar surface area (TPSA) is 86.7 Å². The average Bonchev–Trinajstić information content (AvgIpc) is 3.24. The highest BCUT2D eigenvalue weighted by atomic mass is 32.2. The van der Waals surface area contributed by atoms with Gasteiger partial charge in [-0.3, -0.25) is 0 Å². The Morgan fingerprint density at radius 2 is 1.91 bits per heavy atom. The summed E-state index contributed by atoms with van der Waals surface area (Å²) >= 11 is 0. The van der Waals surface area contributed by atoms with E-state index < -0.39 is 16.0 Å². The van der Waals surface area contributed by atoms with E-state index in [1.54, 1.807) is 0 Å². The number of hydrogen-bond donors (Lipinski definition) is 2. The lowest BCUT2D eigenvalue weighted by molar-refractivity contribution is 0.0696. The normalized spacial score (nSPS) is 22.8. The second kappa shape index (κ2) is 5.98. The number of rotatable bonds is 6. The predicted octanol–water partition coefficient (Wildman–Crippen LogP) is 1.15. The molecule has 1 unspecified atom stereocenters. The summed E-state index contributed by atoms with van der Waals surface area (Å²) in [5.41, 5.74) is 0.0785. The number of carboxylic acid groups (broad SMARTS) is 1. The zero-order chi connectivity index (χ0) is 15.7. The van der Waals surface area contributed by atoms with Crippen LogP contribution in [0.15, 0.2) is 29.2 Å². The Hall–Kier alpha value is -1.44. The smallest absolute Gasteiger partial charge is 0.335 e. The van der Waals surface area contributed by atoms with Gasteiger partial charge in [0.25, 0.3) is 0 Å². The van der Waals surface area contributed by atoms with Crippen molar-refractivity contribution in [3.63, 3.8) is 0 Å². The number of sulfonamides is 1. The zero-order valence-corrected chi connectivity index (χ0v) is 13.1. The number of hydrogen-bond acceptors (Lipinski definition) is 4. The molecule has 7 heteroatoms. The molecule has 1 saturated heterocycles. The van der Waals surface area contributed by atoms with Crippen molar-refractivity contribution >= 4 is 16.0 Å². The van der Waals surface area contributed by atoms with Crippen LogP contribution in [0, 0.1) is 5.92 Å². The van der Waals surface area contributed by atoms with Crippen LogP contribution in [-0.2, 0) is 10.0 Å². The SMILES string of the molecule is O=C(O)c1ccc(S(=O)(=O)NCC2CCN(C3CC3)C2)cc1. The minimum Gasteiger partial charge on any atom is -0.478 e. The molecule has 1 aliphatic carbocycles. The number of nitrogens with one attached hydrogen (secondary N) is 1. The van der Waals surface area contributed by atoms with Gasteiger partial charge in [-0.05, 0) is 56.0 Å². The number of carboxylic acids is 1. The molecule has 0 aromatic heterocycles. The van der Waals surface area contributed by atoms with Gasteiger partial charge < -0.3 is 10.0 Å². The van der Waals surface area contributed by atoms with Gasteiger partial charge in [-0.15, -0.1) is 0 Å². The van der Waals surface area contributed by atoms with E-state index in [1.165, 1.54) is 37.1 Å². The van der Waals surface area contributed by atoms with Crippen molar-refractivity contribution < 1.29 is 18.3 Å². The summed E-state index contributed by atoms with van der Waals surface area (Å²) in [5.74, 6) is -0.711. The molecule has 0 radical (unpaired) electrons. The first kappa shape index (κ1) is 15.5. The van der Waals surface area contributed by atoms with Gasteiger partial charge in [-0.25, -0.2) is 17.9 Å². The number of aromatic carboxylic acids is 1. The standard InChI is InChI=1S/C15H20N2O4S/c18-15(19)12-1-5-14(6-2-12)22(20,21)16-9-11-7-8-17(10-11)13-3-4-13/h1-2,5-6,11,13,16H,3-4,7-10H2,(H,18,19). The number of likely N-dealkylation sites (tertiary alicyclic amines) is 1. The van der Waals surface area contributed by atoms with Crippen molar-refractivity contribution in [2.24, 2.45) is 5.92 Å². The highest BCUT2D eigenvalue weighted by molar-refractivity contribution is 7.89. The average molecular weight is 324 g/mol. The number of carbonyl (C=O) groups is 1. The lowest BCUT2D eigenvalue weighted by atomic mass is 10.1. The van der Waals surface area contributed by atoms with E-state index in [9.17, 15) is 13.2 Å². The molecule has 2 N–H and O–H groups in total. The molecule has 2 fully saturated rings. The monoisotopic (exact) mass is 324 g/mol. The second-order valence-corrected chi connectivity index (χ2v) is 7.83. The fourth-order valence-electron chi connectivity index (χ4n) is 2.89. The second-order valence-electron chi connectivity index (χ2n) is 6.06. The summed E-state index contributed by atoms with van der Waals surface area (Å²) in [4.78, 5) is 13.3. The maximum Gasteiger partial charge on any atom is 0.335 e. The predicted molar refractivity (Wildman–Crippen MR) is 81.3 cm³/mol. The van der Waals surface area contributed by atoms with Crippen LogP contribution in [0.1, 0.15) is 29.6 Å². The summed E-state index contributed by atoms with van der Waals surface area (Å²) in [7, 11) is -3.57. The van der Waals surface area contributed by atoms with Gasteiger partial charge in [-0.2, -0.15) is 0 Å².